The van der Waals surface area contributed by atoms with E-state index in [-0.39, 0.29) is 18.4 Å². The highest BCUT2D eigenvalue weighted by atomic mass is 16.2. The summed E-state index contributed by atoms with van der Waals surface area (Å²) in [6.45, 7) is 1.72. The molecule has 22 heavy (non-hydrogen) atoms. The zero-order valence-electron chi connectivity index (χ0n) is 12.2. The van der Waals surface area contributed by atoms with E-state index < -0.39 is 0 Å². The molecule has 0 aliphatic rings. The molecule has 2 amide bonds. The quantitative estimate of drug-likeness (QED) is 0.854. The minimum absolute atomic E-state index is 0.145. The fourth-order valence-corrected chi connectivity index (χ4v) is 1.80. The number of benzene rings is 2. The molecule has 0 spiro atoms. The van der Waals surface area contributed by atoms with Crippen LogP contribution in [0.5, 0.6) is 0 Å². The fraction of sp³-hybridized carbons (Fsp3) is 0.111. The molecule has 0 saturated heterocycles. The van der Waals surface area contributed by atoms with Crippen LogP contribution in [0.4, 0.5) is 5.69 Å². The van der Waals surface area contributed by atoms with Crippen LogP contribution in [0.15, 0.2) is 54.6 Å². The molecule has 2 aromatic carbocycles. The largest absolute Gasteiger partial charge is 0.341 e. The zero-order valence-corrected chi connectivity index (χ0v) is 12.2. The zero-order chi connectivity index (χ0) is 15.8. The molecule has 0 unspecified atom stereocenters. The molecule has 0 aromatic heterocycles. The second kappa shape index (κ2) is 7.65. The third-order valence-corrected chi connectivity index (χ3v) is 2.81. The summed E-state index contributed by atoms with van der Waals surface area (Å²) in [5.41, 5.74) is 2.10. The van der Waals surface area contributed by atoms with Crippen LogP contribution in [-0.2, 0) is 4.79 Å². The predicted molar refractivity (Wildman–Crippen MR) is 86.4 cm³/mol. The van der Waals surface area contributed by atoms with Crippen molar-refractivity contribution in [2.45, 2.75) is 6.92 Å². The molecule has 0 heterocycles. The number of amides is 2. The fourth-order valence-electron chi connectivity index (χ4n) is 1.80. The summed E-state index contributed by atoms with van der Waals surface area (Å²) in [5, 5.41) is 5.38. The lowest BCUT2D eigenvalue weighted by molar-refractivity contribution is -0.114. The van der Waals surface area contributed by atoms with Gasteiger partial charge in [-0.3, -0.25) is 9.59 Å². The first-order chi connectivity index (χ1) is 10.6. The third kappa shape index (κ3) is 4.80. The summed E-state index contributed by atoms with van der Waals surface area (Å²) in [5.74, 6) is 5.53. The van der Waals surface area contributed by atoms with E-state index in [0.717, 1.165) is 5.56 Å². The average Bonchev–Trinajstić information content (AvgIpc) is 2.52. The van der Waals surface area contributed by atoms with E-state index in [0.29, 0.717) is 11.3 Å². The highest BCUT2D eigenvalue weighted by molar-refractivity contribution is 5.95. The minimum atomic E-state index is -0.197. The Hall–Kier alpha value is -3.06. The molecule has 4 heteroatoms. The monoisotopic (exact) mass is 292 g/mol. The number of carbonyl (C=O) groups is 2. The molecule has 2 rings (SSSR count). The summed E-state index contributed by atoms with van der Waals surface area (Å²) in [6.07, 6.45) is 0. The first-order valence-electron chi connectivity index (χ1n) is 6.85. The van der Waals surface area contributed by atoms with Gasteiger partial charge in [0.15, 0.2) is 0 Å². The van der Waals surface area contributed by atoms with Crippen molar-refractivity contribution in [2.24, 2.45) is 0 Å². The van der Waals surface area contributed by atoms with Gasteiger partial charge in [-0.05, 0) is 36.4 Å². The van der Waals surface area contributed by atoms with E-state index in [1.165, 1.54) is 6.92 Å². The van der Waals surface area contributed by atoms with Crippen molar-refractivity contribution in [3.05, 3.63) is 65.7 Å². The van der Waals surface area contributed by atoms with Crippen molar-refractivity contribution in [1.82, 2.24) is 5.32 Å². The predicted octanol–water partition coefficient (Wildman–Crippen LogP) is 2.43. The molecule has 0 aliphatic carbocycles. The van der Waals surface area contributed by atoms with Gasteiger partial charge in [-0.1, -0.05) is 30.0 Å². The normalized spacial score (nSPS) is 9.32. The first-order valence-corrected chi connectivity index (χ1v) is 6.85. The summed E-state index contributed by atoms with van der Waals surface area (Å²) >= 11 is 0. The van der Waals surface area contributed by atoms with Gasteiger partial charge in [0.25, 0.3) is 5.91 Å². The Morgan fingerprint density at radius 1 is 1.00 bits per heavy atom. The lowest BCUT2D eigenvalue weighted by Crippen LogP contribution is -2.23. The number of hydrogen-bond acceptors (Lipinski definition) is 2. The van der Waals surface area contributed by atoms with E-state index >= 15 is 0 Å². The molecule has 0 atom stereocenters. The van der Waals surface area contributed by atoms with Crippen LogP contribution < -0.4 is 10.6 Å². The maximum absolute atomic E-state index is 11.9. The van der Waals surface area contributed by atoms with Crippen molar-refractivity contribution in [3.8, 4) is 11.8 Å². The summed E-state index contributed by atoms with van der Waals surface area (Å²) in [7, 11) is 0. The molecule has 0 fully saturated rings. The highest BCUT2D eigenvalue weighted by Gasteiger charge is 2.04. The molecule has 0 radical (unpaired) electrons. The number of rotatable bonds is 3. The van der Waals surface area contributed by atoms with Gasteiger partial charge in [0.2, 0.25) is 5.91 Å². The van der Waals surface area contributed by atoms with Gasteiger partial charge in [-0.25, -0.2) is 0 Å². The molecule has 2 N–H and O–H groups in total. The van der Waals surface area contributed by atoms with Crippen molar-refractivity contribution in [1.29, 1.82) is 0 Å². The molecule has 2 aromatic rings. The van der Waals surface area contributed by atoms with E-state index in [1.807, 2.05) is 30.3 Å². The van der Waals surface area contributed by atoms with Crippen molar-refractivity contribution >= 4 is 17.5 Å². The lowest BCUT2D eigenvalue weighted by atomic mass is 10.2. The number of anilines is 1. The van der Waals surface area contributed by atoms with Crippen molar-refractivity contribution in [2.75, 3.05) is 11.9 Å². The van der Waals surface area contributed by atoms with Crippen LogP contribution in [0.2, 0.25) is 0 Å². The molecule has 4 nitrogen and oxygen atoms in total. The van der Waals surface area contributed by atoms with Crippen LogP contribution in [0.25, 0.3) is 0 Å². The summed E-state index contributed by atoms with van der Waals surface area (Å²) in [6, 6.07) is 16.3. The van der Waals surface area contributed by atoms with Gasteiger partial charge in [-0.15, -0.1) is 0 Å². The minimum Gasteiger partial charge on any atom is -0.341 e. The lowest BCUT2D eigenvalue weighted by Gasteiger charge is -2.04. The number of carbonyl (C=O) groups excluding carboxylic acids is 2. The molecular formula is C18H16N2O2. The molecule has 0 bridgehead atoms. The Balaban J connectivity index is 1.87. The SMILES string of the molecule is CC(=O)Nc1ccc(C(=O)NCC#Cc2ccccc2)cc1. The molecule has 0 aliphatic heterocycles. The van der Waals surface area contributed by atoms with Gasteiger partial charge in [0, 0.05) is 23.7 Å². The Kier molecular flexibility index (Phi) is 5.33. The topological polar surface area (TPSA) is 58.2 Å². The second-order valence-electron chi connectivity index (χ2n) is 4.61. The van der Waals surface area contributed by atoms with Gasteiger partial charge in [0.05, 0.1) is 6.54 Å². The van der Waals surface area contributed by atoms with Crippen LogP contribution in [-0.4, -0.2) is 18.4 Å². The van der Waals surface area contributed by atoms with Crippen LogP contribution in [0.3, 0.4) is 0 Å². The standard InChI is InChI=1S/C18H16N2O2/c1-14(21)20-17-11-9-16(10-12-17)18(22)19-13-5-8-15-6-3-2-4-7-15/h2-4,6-7,9-12H,13H2,1H3,(H,19,22)(H,20,21). The maximum Gasteiger partial charge on any atom is 0.252 e. The van der Waals surface area contributed by atoms with E-state index in [1.54, 1.807) is 24.3 Å². The van der Waals surface area contributed by atoms with E-state index in [9.17, 15) is 9.59 Å². The molecular weight excluding hydrogens is 276 g/mol. The Morgan fingerprint density at radius 3 is 2.32 bits per heavy atom. The van der Waals surface area contributed by atoms with Gasteiger partial charge in [0.1, 0.15) is 0 Å². The van der Waals surface area contributed by atoms with Crippen LogP contribution in [0.1, 0.15) is 22.8 Å². The van der Waals surface area contributed by atoms with Crippen LogP contribution >= 0.6 is 0 Å². The molecule has 0 saturated carbocycles. The Morgan fingerprint density at radius 2 is 1.68 bits per heavy atom. The van der Waals surface area contributed by atoms with E-state index in [4.69, 9.17) is 0 Å². The highest BCUT2D eigenvalue weighted by Crippen LogP contribution is 2.09. The van der Waals surface area contributed by atoms with Gasteiger partial charge >= 0.3 is 0 Å². The first kappa shape index (κ1) is 15.3. The van der Waals surface area contributed by atoms with Gasteiger partial charge < -0.3 is 10.6 Å². The van der Waals surface area contributed by atoms with Gasteiger partial charge in [-0.2, -0.15) is 0 Å². The summed E-state index contributed by atoms with van der Waals surface area (Å²) < 4.78 is 0. The second-order valence-corrected chi connectivity index (χ2v) is 4.61. The van der Waals surface area contributed by atoms with Crippen molar-refractivity contribution < 1.29 is 9.59 Å². The Bertz CT molecular complexity index is 710. The number of nitrogens with one attached hydrogen (secondary N) is 2. The molecule has 110 valence electrons. The van der Waals surface area contributed by atoms with E-state index in [2.05, 4.69) is 22.5 Å². The average molecular weight is 292 g/mol. The maximum atomic E-state index is 11.9. The smallest absolute Gasteiger partial charge is 0.252 e. The Labute approximate surface area is 129 Å². The third-order valence-electron chi connectivity index (χ3n) is 2.81. The van der Waals surface area contributed by atoms with Crippen molar-refractivity contribution in [3.63, 3.8) is 0 Å². The number of hydrogen-bond donors (Lipinski definition) is 2. The summed E-state index contributed by atoms with van der Waals surface area (Å²) in [4.78, 5) is 22.8. The van der Waals surface area contributed by atoms with Crippen LogP contribution in [0, 0.1) is 11.8 Å².